The minimum Gasteiger partial charge on any atom is -0.508 e. The predicted octanol–water partition coefficient (Wildman–Crippen LogP) is 5.99. The van der Waals surface area contributed by atoms with Crippen LogP contribution in [0.4, 0.5) is 0 Å². The van der Waals surface area contributed by atoms with Crippen LogP contribution in [0.25, 0.3) is 11.1 Å². The lowest BCUT2D eigenvalue weighted by Gasteiger charge is -2.24. The lowest BCUT2D eigenvalue weighted by atomic mass is 9.88. The summed E-state index contributed by atoms with van der Waals surface area (Å²) in [6.07, 6.45) is 0.0467. The molecule has 0 spiro atoms. The zero-order valence-corrected chi connectivity index (χ0v) is 32.9. The van der Waals surface area contributed by atoms with Gasteiger partial charge >= 0.3 is 0 Å². The number of phenols is 1. The highest BCUT2D eigenvalue weighted by Gasteiger charge is 2.28. The Morgan fingerprint density at radius 1 is 0.818 bits per heavy atom. The zero-order valence-electron chi connectivity index (χ0n) is 32.1. The smallest absolute Gasteiger partial charge is 0.251 e. The first-order valence-electron chi connectivity index (χ1n) is 18.6. The Hall–Kier alpha value is -5.16. The van der Waals surface area contributed by atoms with Crippen molar-refractivity contribution in [3.63, 3.8) is 0 Å². The van der Waals surface area contributed by atoms with Crippen LogP contribution in [-0.2, 0) is 20.8 Å². The maximum Gasteiger partial charge on any atom is 0.251 e. The fraction of sp³-hybridized carbons (Fsp3) is 0.341. The molecular formula is C44H55ClN4O6. The highest BCUT2D eigenvalue weighted by atomic mass is 35.5. The molecule has 0 bridgehead atoms. The minimum absolute atomic E-state index is 0. The molecule has 0 saturated heterocycles. The summed E-state index contributed by atoms with van der Waals surface area (Å²) in [5.41, 5.74) is 12.4. The topological polar surface area (TPSA) is 154 Å². The first-order valence-corrected chi connectivity index (χ1v) is 18.6. The number of nitrogens with one attached hydrogen (secondary N) is 2. The van der Waals surface area contributed by atoms with E-state index in [2.05, 4.69) is 29.7 Å². The van der Waals surface area contributed by atoms with Gasteiger partial charge in [-0.25, -0.2) is 0 Å². The Kier molecular flexibility index (Phi) is 17.9. The van der Waals surface area contributed by atoms with Crippen LogP contribution in [0.3, 0.4) is 0 Å². The molecule has 0 saturated carbocycles. The van der Waals surface area contributed by atoms with Crippen LogP contribution in [0.2, 0.25) is 0 Å². The number of phenolic OH excluding ortho intramolecular Hbond substituents is 1. The molecule has 0 aliphatic heterocycles. The van der Waals surface area contributed by atoms with Crippen molar-refractivity contribution in [3.8, 4) is 11.5 Å². The molecule has 294 valence electrons. The van der Waals surface area contributed by atoms with Gasteiger partial charge in [0.1, 0.15) is 30.3 Å². The maximum absolute atomic E-state index is 13.1. The van der Waals surface area contributed by atoms with E-state index in [4.69, 9.17) is 10.5 Å². The third kappa shape index (κ3) is 13.6. The normalized spacial score (nSPS) is 13.1. The molecule has 0 aliphatic rings. The number of nitrogens with zero attached hydrogens (tertiary/aromatic N) is 1. The summed E-state index contributed by atoms with van der Waals surface area (Å²) < 4.78 is 5.99. The molecule has 0 aliphatic carbocycles. The maximum atomic E-state index is 13.1. The number of aliphatic hydroxyl groups excluding tert-OH is 1. The van der Waals surface area contributed by atoms with E-state index >= 15 is 0 Å². The summed E-state index contributed by atoms with van der Waals surface area (Å²) in [5.74, 6) is -0.349. The second kappa shape index (κ2) is 22.3. The predicted molar refractivity (Wildman–Crippen MR) is 221 cm³/mol. The molecule has 0 fully saturated rings. The third-order valence-corrected chi connectivity index (χ3v) is 9.16. The lowest BCUT2D eigenvalue weighted by molar-refractivity contribution is -0.135. The second-order valence-electron chi connectivity index (χ2n) is 13.8. The SMILES string of the molecule is CCC(=C(c1ccc(O)cc1)c1ccc(OCCN(C)C(=O)CCNC(=O)[C@H](CC(C)C)NC(=O)[C@@H](O)[C@H](N)Cc2ccccc2)cc1)c1ccccc1.Cl. The number of carbonyl (C=O) groups excluding carboxylic acids is 3. The van der Waals surface area contributed by atoms with Crippen molar-refractivity contribution < 1.29 is 29.3 Å². The van der Waals surface area contributed by atoms with Gasteiger partial charge in [-0.05, 0) is 82.8 Å². The number of allylic oxidation sites excluding steroid dienone is 1. The van der Waals surface area contributed by atoms with Crippen LogP contribution < -0.4 is 21.1 Å². The Morgan fingerprint density at radius 3 is 1.98 bits per heavy atom. The van der Waals surface area contributed by atoms with Gasteiger partial charge < -0.3 is 36.2 Å². The van der Waals surface area contributed by atoms with E-state index in [1.54, 1.807) is 24.1 Å². The highest BCUT2D eigenvalue weighted by Crippen LogP contribution is 2.35. The fourth-order valence-electron chi connectivity index (χ4n) is 6.21. The number of likely N-dealkylation sites (N-methyl/N-ethyl adjacent to an activating group) is 1. The molecule has 10 nitrogen and oxygen atoms in total. The molecule has 4 aromatic rings. The van der Waals surface area contributed by atoms with Crippen molar-refractivity contribution >= 4 is 41.3 Å². The summed E-state index contributed by atoms with van der Waals surface area (Å²) in [6.45, 7) is 6.70. The number of amides is 3. The Bertz CT molecular complexity index is 1820. The van der Waals surface area contributed by atoms with E-state index < -0.39 is 30.0 Å². The highest BCUT2D eigenvalue weighted by molar-refractivity contribution is 5.98. The summed E-state index contributed by atoms with van der Waals surface area (Å²) in [7, 11) is 1.68. The number of ether oxygens (including phenoxy) is 1. The van der Waals surface area contributed by atoms with Gasteiger partial charge in [0.25, 0.3) is 5.91 Å². The van der Waals surface area contributed by atoms with Crippen molar-refractivity contribution in [2.45, 2.75) is 64.6 Å². The zero-order chi connectivity index (χ0) is 39.0. The monoisotopic (exact) mass is 770 g/mol. The first-order chi connectivity index (χ1) is 26.0. The van der Waals surface area contributed by atoms with Gasteiger partial charge in [-0.2, -0.15) is 0 Å². The molecule has 0 radical (unpaired) electrons. The summed E-state index contributed by atoms with van der Waals surface area (Å²) in [6, 6.07) is 32.9. The number of benzene rings is 4. The lowest BCUT2D eigenvalue weighted by Crippen LogP contribution is -2.54. The van der Waals surface area contributed by atoms with Crippen LogP contribution in [0.1, 0.15) is 62.3 Å². The van der Waals surface area contributed by atoms with Gasteiger partial charge in [0, 0.05) is 26.1 Å². The average molecular weight is 771 g/mol. The van der Waals surface area contributed by atoms with Crippen molar-refractivity contribution in [1.82, 2.24) is 15.5 Å². The quantitative estimate of drug-likeness (QED) is 0.0735. The average Bonchev–Trinajstić information content (AvgIpc) is 3.17. The number of rotatable bonds is 19. The molecule has 55 heavy (non-hydrogen) atoms. The fourth-order valence-corrected chi connectivity index (χ4v) is 6.21. The Labute approximate surface area is 331 Å². The van der Waals surface area contributed by atoms with Crippen LogP contribution in [-0.4, -0.2) is 77.8 Å². The van der Waals surface area contributed by atoms with Crippen LogP contribution in [0.15, 0.2) is 109 Å². The second-order valence-corrected chi connectivity index (χ2v) is 13.8. The molecule has 0 heterocycles. The molecule has 11 heteroatoms. The van der Waals surface area contributed by atoms with Gasteiger partial charge in [-0.3, -0.25) is 14.4 Å². The van der Waals surface area contributed by atoms with Gasteiger partial charge in [0.05, 0.1) is 6.54 Å². The van der Waals surface area contributed by atoms with Crippen molar-refractivity contribution in [3.05, 3.63) is 131 Å². The molecule has 3 atom stereocenters. The van der Waals surface area contributed by atoms with Gasteiger partial charge in [0.2, 0.25) is 11.8 Å². The Balaban J connectivity index is 0.00000812. The molecule has 0 unspecified atom stereocenters. The van der Waals surface area contributed by atoms with Gasteiger partial charge in [-0.1, -0.05) is 106 Å². The number of hydrogen-bond acceptors (Lipinski definition) is 7. The van der Waals surface area contributed by atoms with E-state index in [0.717, 1.165) is 34.2 Å². The van der Waals surface area contributed by atoms with E-state index in [9.17, 15) is 24.6 Å². The van der Waals surface area contributed by atoms with Gasteiger partial charge in [-0.15, -0.1) is 12.4 Å². The summed E-state index contributed by atoms with van der Waals surface area (Å²) in [5, 5.41) is 25.9. The Morgan fingerprint density at radius 2 is 1.40 bits per heavy atom. The number of carbonyl (C=O) groups is 3. The number of halogens is 1. The van der Waals surface area contributed by atoms with Gasteiger partial charge in [0.15, 0.2) is 0 Å². The van der Waals surface area contributed by atoms with E-state index in [0.29, 0.717) is 25.1 Å². The van der Waals surface area contributed by atoms with Crippen LogP contribution >= 0.6 is 12.4 Å². The van der Waals surface area contributed by atoms with E-state index in [1.165, 1.54) is 5.57 Å². The first kappa shape index (κ1) is 44.2. The van der Waals surface area contributed by atoms with Crippen molar-refractivity contribution in [1.29, 1.82) is 0 Å². The molecule has 6 N–H and O–H groups in total. The molecule has 0 aromatic heterocycles. The summed E-state index contributed by atoms with van der Waals surface area (Å²) >= 11 is 0. The van der Waals surface area contributed by atoms with Crippen molar-refractivity contribution in [2.24, 2.45) is 11.7 Å². The number of nitrogens with two attached hydrogens (primary N) is 1. The summed E-state index contributed by atoms with van der Waals surface area (Å²) in [4.78, 5) is 40.3. The van der Waals surface area contributed by atoms with Crippen LogP contribution in [0, 0.1) is 5.92 Å². The van der Waals surface area contributed by atoms with E-state index in [1.807, 2.05) is 98.8 Å². The molecular weight excluding hydrogens is 716 g/mol. The largest absolute Gasteiger partial charge is 0.508 e. The van der Waals surface area contributed by atoms with Crippen molar-refractivity contribution in [2.75, 3.05) is 26.7 Å². The van der Waals surface area contributed by atoms with Crippen LogP contribution in [0.5, 0.6) is 11.5 Å². The number of hydrogen-bond donors (Lipinski definition) is 5. The molecule has 4 rings (SSSR count). The molecule has 4 aromatic carbocycles. The third-order valence-electron chi connectivity index (χ3n) is 9.16. The number of aromatic hydroxyl groups is 1. The molecule has 3 amide bonds. The minimum atomic E-state index is -1.49. The van der Waals surface area contributed by atoms with E-state index in [-0.39, 0.29) is 49.6 Å². The standard InChI is InChI=1S/C44H54N4O6.ClH/c1-5-37(32-14-10-7-11-15-32)41(33-16-20-35(49)21-17-33)34-18-22-36(23-19-34)54-27-26-48(4)40(50)24-25-46-43(52)39(28-30(2)3)47-44(53)42(51)38(45)29-31-12-8-6-9-13-31;/h6-23,30,38-39,42,49,51H,5,24-29,45H2,1-4H3,(H,46,52)(H,47,53);1H/t38-,39+,42+;/m1./s1. The number of aliphatic hydroxyl groups is 1.